The van der Waals surface area contributed by atoms with Gasteiger partial charge in [0.25, 0.3) is 0 Å². The molecule has 0 bridgehead atoms. The van der Waals surface area contributed by atoms with Gasteiger partial charge in [0.1, 0.15) is 32.5 Å². The molecule has 1 aromatic carbocycles. The largest absolute Gasteiger partial charge is 0.369 e. The number of aromatic amines is 1. The topological polar surface area (TPSA) is 172 Å². The normalized spacial score (nSPS) is 24.8. The Hall–Kier alpha value is -3.76. The molecule has 3 aromatic rings. The van der Waals surface area contributed by atoms with Crippen molar-refractivity contribution in [3.63, 3.8) is 0 Å². The number of nitrogens with two attached hydrogens (primary N) is 1. The lowest BCUT2D eigenvalue weighted by atomic mass is 9.77. The van der Waals surface area contributed by atoms with Crippen LogP contribution in [0.25, 0.3) is 0 Å². The standard InChI is InChI=1S/C24H25F2N7O5S2/c1-23(18-9-15(3-5-19(18)26)10-21(34)20-6-4-16(25)11-28-20)24(40(37,38)32(2)22(27)31-23)7-8-33(14-24)39(35,36)17-12-29-30-13-17/h3-6,9,11-13H,7-8,10,14H2,1-2H3,(H2,27,31)(H,29,30)/t23-,24-/m1/s1. The van der Waals surface area contributed by atoms with Crippen LogP contribution in [0.1, 0.15) is 35.0 Å². The molecule has 3 N–H and O–H groups in total. The maximum absolute atomic E-state index is 15.6. The van der Waals surface area contributed by atoms with Gasteiger partial charge in [-0.2, -0.15) is 9.40 Å². The van der Waals surface area contributed by atoms with E-state index in [0.717, 1.165) is 33.1 Å². The number of aromatic nitrogens is 3. The molecule has 212 valence electrons. The van der Waals surface area contributed by atoms with Gasteiger partial charge in [-0.15, -0.1) is 0 Å². The molecule has 1 fully saturated rings. The quantitative estimate of drug-likeness (QED) is 0.401. The highest BCUT2D eigenvalue weighted by atomic mass is 32.2. The number of aliphatic imine (C=N–C) groups is 1. The van der Waals surface area contributed by atoms with E-state index in [4.69, 9.17) is 5.73 Å². The van der Waals surface area contributed by atoms with Crippen molar-refractivity contribution < 1.29 is 30.4 Å². The van der Waals surface area contributed by atoms with Crippen LogP contribution in [-0.2, 0) is 32.0 Å². The molecule has 0 radical (unpaired) electrons. The van der Waals surface area contributed by atoms with Crippen molar-refractivity contribution >= 4 is 31.8 Å². The highest BCUT2D eigenvalue weighted by molar-refractivity contribution is 7.91. The third-order valence-corrected chi connectivity index (χ3v) is 12.1. The molecule has 0 amide bonds. The Morgan fingerprint density at radius 2 is 1.95 bits per heavy atom. The lowest BCUT2D eigenvalue weighted by Gasteiger charge is -2.48. The van der Waals surface area contributed by atoms with Crippen molar-refractivity contribution in [2.45, 2.75) is 34.9 Å². The molecule has 16 heteroatoms. The maximum atomic E-state index is 15.6. The SMILES string of the molecule is CN1C(N)=N[C@](C)(c2cc(CC(=O)c3ccc(F)cn3)ccc2F)[C@]2(CCN(S(=O)(=O)c3cn[nH]c3)C2)S1(=O)=O. The molecular formula is C24H25F2N7O5S2. The molecular weight excluding hydrogens is 568 g/mol. The summed E-state index contributed by atoms with van der Waals surface area (Å²) in [7, 11) is -7.35. The summed E-state index contributed by atoms with van der Waals surface area (Å²) in [5.74, 6) is -2.31. The number of carbonyl (C=O) groups excluding carboxylic acids is 1. The third kappa shape index (κ3) is 4.08. The second-order valence-electron chi connectivity index (χ2n) is 9.81. The van der Waals surface area contributed by atoms with Gasteiger partial charge in [-0.05, 0) is 43.2 Å². The molecule has 12 nitrogen and oxygen atoms in total. The van der Waals surface area contributed by atoms with Gasteiger partial charge in [0.2, 0.25) is 26.0 Å². The monoisotopic (exact) mass is 593 g/mol. The van der Waals surface area contributed by atoms with Crippen molar-refractivity contribution in [3.8, 4) is 0 Å². The number of sulfonamides is 2. The van der Waals surface area contributed by atoms with Crippen LogP contribution < -0.4 is 5.73 Å². The van der Waals surface area contributed by atoms with E-state index in [1.54, 1.807) is 0 Å². The average Bonchev–Trinajstić information content (AvgIpc) is 3.61. The maximum Gasteiger partial charge on any atom is 0.247 e. The Bertz CT molecular complexity index is 1730. The number of nitrogens with zero attached hydrogens (tertiary/aromatic N) is 5. The van der Waals surface area contributed by atoms with Crippen molar-refractivity contribution in [2.75, 3.05) is 20.1 Å². The number of rotatable bonds is 6. The summed E-state index contributed by atoms with van der Waals surface area (Å²) in [4.78, 5) is 20.8. The number of hydrogen-bond acceptors (Lipinski definition) is 9. The summed E-state index contributed by atoms with van der Waals surface area (Å²) in [6.45, 7) is 0.661. The first-order valence-electron chi connectivity index (χ1n) is 12.0. The molecule has 2 aliphatic heterocycles. The predicted molar refractivity (Wildman–Crippen MR) is 139 cm³/mol. The van der Waals surface area contributed by atoms with Gasteiger partial charge in [-0.25, -0.2) is 34.9 Å². The lowest BCUT2D eigenvalue weighted by molar-refractivity contribution is 0.0988. The molecule has 0 unspecified atom stereocenters. The molecule has 1 saturated heterocycles. The zero-order chi connectivity index (χ0) is 29.1. The second kappa shape index (κ2) is 9.42. The van der Waals surface area contributed by atoms with E-state index in [9.17, 15) is 26.0 Å². The zero-order valence-electron chi connectivity index (χ0n) is 21.4. The number of pyridine rings is 1. The fraction of sp³-hybridized carbons (Fsp3) is 0.333. The van der Waals surface area contributed by atoms with Gasteiger partial charge < -0.3 is 5.73 Å². The van der Waals surface area contributed by atoms with Crippen LogP contribution in [-0.4, -0.2) is 77.3 Å². The molecule has 1 spiro atoms. The van der Waals surface area contributed by atoms with Crippen LogP contribution in [0.15, 0.2) is 58.8 Å². The average molecular weight is 594 g/mol. The third-order valence-electron chi connectivity index (χ3n) is 7.64. The Labute approximate surface area is 229 Å². The van der Waals surface area contributed by atoms with Gasteiger partial charge in [-0.1, -0.05) is 6.07 Å². The number of guanidine groups is 1. The van der Waals surface area contributed by atoms with E-state index < -0.39 is 60.3 Å². The number of Topliss-reactive ketones (excluding diaryl/α,β-unsaturated/α-hetero) is 1. The van der Waals surface area contributed by atoms with Crippen LogP contribution in [0, 0.1) is 11.6 Å². The Morgan fingerprint density at radius 1 is 1.20 bits per heavy atom. The number of nitrogens with one attached hydrogen (secondary N) is 1. The number of carbonyl (C=O) groups is 1. The van der Waals surface area contributed by atoms with Gasteiger partial charge in [0.15, 0.2) is 5.78 Å². The molecule has 0 saturated carbocycles. The molecule has 0 aliphatic carbocycles. The molecule has 2 atom stereocenters. The fourth-order valence-corrected chi connectivity index (χ4v) is 8.93. The number of ketones is 1. The van der Waals surface area contributed by atoms with Gasteiger partial charge in [-0.3, -0.25) is 14.9 Å². The summed E-state index contributed by atoms with van der Waals surface area (Å²) in [6, 6.07) is 6.08. The lowest BCUT2D eigenvalue weighted by Crippen LogP contribution is -2.66. The van der Waals surface area contributed by atoms with Gasteiger partial charge in [0.05, 0.1) is 12.4 Å². The first kappa shape index (κ1) is 27.8. The van der Waals surface area contributed by atoms with Crippen LogP contribution in [0.5, 0.6) is 0 Å². The highest BCUT2D eigenvalue weighted by Crippen LogP contribution is 2.52. The number of hydrogen-bond donors (Lipinski definition) is 2. The molecule has 2 aromatic heterocycles. The van der Waals surface area contributed by atoms with Crippen molar-refractivity contribution in [2.24, 2.45) is 10.7 Å². The summed E-state index contributed by atoms with van der Waals surface area (Å²) < 4.78 is 83.2. The second-order valence-corrected chi connectivity index (χ2v) is 14.0. The minimum absolute atomic E-state index is 0.00465. The first-order valence-corrected chi connectivity index (χ1v) is 14.9. The van der Waals surface area contributed by atoms with Crippen LogP contribution in [0.2, 0.25) is 0 Å². The van der Waals surface area contributed by atoms with Crippen LogP contribution in [0.4, 0.5) is 8.78 Å². The summed E-state index contributed by atoms with van der Waals surface area (Å²) in [5.41, 5.74) is 4.26. The van der Waals surface area contributed by atoms with E-state index in [1.165, 1.54) is 38.4 Å². The van der Waals surface area contributed by atoms with E-state index >= 15 is 4.39 Å². The summed E-state index contributed by atoms with van der Waals surface area (Å²) >= 11 is 0. The number of H-pyrrole nitrogens is 1. The first-order chi connectivity index (χ1) is 18.7. The number of benzene rings is 1. The van der Waals surface area contributed by atoms with Gasteiger partial charge in [0, 0.05) is 38.3 Å². The van der Waals surface area contributed by atoms with E-state index in [-0.39, 0.29) is 35.5 Å². The van der Waals surface area contributed by atoms with Crippen LogP contribution in [0.3, 0.4) is 0 Å². The fourth-order valence-electron chi connectivity index (χ4n) is 5.31. The van der Waals surface area contributed by atoms with E-state index in [2.05, 4.69) is 20.2 Å². The van der Waals surface area contributed by atoms with E-state index in [0.29, 0.717) is 5.56 Å². The Kier molecular flexibility index (Phi) is 6.54. The Balaban J connectivity index is 1.61. The van der Waals surface area contributed by atoms with Crippen molar-refractivity contribution in [1.82, 2.24) is 23.8 Å². The summed E-state index contributed by atoms with van der Waals surface area (Å²) in [6.07, 6.45) is 2.72. The zero-order valence-corrected chi connectivity index (χ0v) is 23.0. The molecule has 5 rings (SSSR count). The minimum atomic E-state index is -4.40. The number of halogens is 2. The highest BCUT2D eigenvalue weighted by Gasteiger charge is 2.67. The molecule has 2 aliphatic rings. The molecule has 4 heterocycles. The van der Waals surface area contributed by atoms with Gasteiger partial charge >= 0.3 is 0 Å². The summed E-state index contributed by atoms with van der Waals surface area (Å²) in [5, 5.41) is 6.09. The van der Waals surface area contributed by atoms with Crippen molar-refractivity contribution in [1.29, 1.82) is 0 Å². The smallest absolute Gasteiger partial charge is 0.247 e. The van der Waals surface area contributed by atoms with Crippen molar-refractivity contribution in [3.05, 3.63) is 77.4 Å². The minimum Gasteiger partial charge on any atom is -0.369 e. The predicted octanol–water partition coefficient (Wildman–Crippen LogP) is 1.15. The van der Waals surface area contributed by atoms with E-state index in [1.807, 2.05) is 0 Å². The van der Waals surface area contributed by atoms with Crippen LogP contribution >= 0.6 is 0 Å². The Morgan fingerprint density at radius 3 is 2.60 bits per heavy atom. The molecule has 40 heavy (non-hydrogen) atoms.